The Morgan fingerprint density at radius 1 is 1.69 bits per heavy atom. The number of hydrogen-bond donors (Lipinski definition) is 1. The van der Waals surface area contributed by atoms with Crippen molar-refractivity contribution >= 4 is 22.9 Å². The van der Waals surface area contributed by atoms with Crippen molar-refractivity contribution < 1.29 is 5.11 Å². The molecule has 0 aliphatic carbocycles. The van der Waals surface area contributed by atoms with E-state index in [-0.39, 0.29) is 0 Å². The molecule has 13 heavy (non-hydrogen) atoms. The number of nitrogens with zero attached hydrogens (tertiary/aromatic N) is 1. The monoisotopic (exact) mass is 217 g/mol. The largest absolute Gasteiger partial charge is 0.388 e. The second-order valence-corrected chi connectivity index (χ2v) is 5.44. The summed E-state index contributed by atoms with van der Waals surface area (Å²) in [4.78, 5) is 2.21. The van der Waals surface area contributed by atoms with Crippen molar-refractivity contribution in [1.29, 1.82) is 0 Å². The van der Waals surface area contributed by atoms with E-state index >= 15 is 0 Å². The van der Waals surface area contributed by atoms with E-state index in [1.165, 1.54) is 5.56 Å². The van der Waals surface area contributed by atoms with Crippen molar-refractivity contribution in [3.63, 3.8) is 0 Å². The van der Waals surface area contributed by atoms with Gasteiger partial charge in [0.1, 0.15) is 0 Å². The zero-order valence-corrected chi connectivity index (χ0v) is 9.03. The molecule has 1 N–H and O–H groups in total. The second kappa shape index (κ2) is 3.24. The molecule has 1 aromatic rings. The average Bonchev–Trinajstić information content (AvgIpc) is 2.31. The Morgan fingerprint density at radius 3 is 2.85 bits per heavy atom. The Hall–Kier alpha value is -0.0900. The predicted molar refractivity (Wildman–Crippen MR) is 55.2 cm³/mol. The predicted octanol–water partition coefficient (Wildman–Crippen LogP) is 1.97. The molecule has 0 bridgehead atoms. The van der Waals surface area contributed by atoms with Gasteiger partial charge in [0.15, 0.2) is 0 Å². The summed E-state index contributed by atoms with van der Waals surface area (Å²) in [6.45, 7) is 4.30. The first-order chi connectivity index (χ1) is 6.05. The number of hydrogen-bond acceptors (Lipinski definition) is 3. The van der Waals surface area contributed by atoms with Gasteiger partial charge in [0.2, 0.25) is 0 Å². The molecular weight excluding hydrogens is 206 g/mol. The van der Waals surface area contributed by atoms with E-state index in [2.05, 4.69) is 10.3 Å². The molecule has 72 valence electrons. The molecule has 2 heterocycles. The van der Waals surface area contributed by atoms with Gasteiger partial charge >= 0.3 is 0 Å². The molecule has 4 heteroatoms. The third-order valence-electron chi connectivity index (χ3n) is 2.16. The fraction of sp³-hybridized carbons (Fsp3) is 0.556. The molecule has 2 rings (SSSR count). The van der Waals surface area contributed by atoms with Crippen LogP contribution >= 0.6 is 22.9 Å². The number of β-amino-alcohol motifs (C(OH)–C–C–N with tert-alkyl or cyclic N) is 1. The normalized spacial score (nSPS) is 21.5. The van der Waals surface area contributed by atoms with Crippen molar-refractivity contribution in [3.05, 3.63) is 21.3 Å². The SMILES string of the molecule is CC1(O)CN(Cc2csc(Cl)c2)C1. The van der Waals surface area contributed by atoms with Crippen LogP contribution in [0.25, 0.3) is 0 Å². The lowest BCUT2D eigenvalue weighted by Crippen LogP contribution is -2.59. The first-order valence-electron chi connectivity index (χ1n) is 4.23. The number of aliphatic hydroxyl groups is 1. The first kappa shape index (κ1) is 9.46. The summed E-state index contributed by atoms with van der Waals surface area (Å²) in [6.07, 6.45) is 0. The molecule has 0 atom stereocenters. The van der Waals surface area contributed by atoms with Gasteiger partial charge in [0.05, 0.1) is 9.94 Å². The molecule has 1 aromatic heterocycles. The highest BCUT2D eigenvalue weighted by Gasteiger charge is 2.36. The molecule has 0 aromatic carbocycles. The molecule has 0 amide bonds. The highest BCUT2D eigenvalue weighted by atomic mass is 35.5. The Bertz CT molecular complexity index is 302. The third-order valence-corrected chi connectivity index (χ3v) is 3.30. The van der Waals surface area contributed by atoms with Crippen LogP contribution in [0.1, 0.15) is 12.5 Å². The van der Waals surface area contributed by atoms with E-state index in [1.54, 1.807) is 11.3 Å². The molecule has 2 nitrogen and oxygen atoms in total. The highest BCUT2D eigenvalue weighted by Crippen LogP contribution is 2.25. The molecule has 1 fully saturated rings. The summed E-state index contributed by atoms with van der Waals surface area (Å²) in [5, 5.41) is 11.6. The van der Waals surface area contributed by atoms with Crippen molar-refractivity contribution in [2.45, 2.75) is 19.1 Å². The summed E-state index contributed by atoms with van der Waals surface area (Å²) < 4.78 is 0.835. The lowest BCUT2D eigenvalue weighted by molar-refractivity contribution is -0.0870. The van der Waals surface area contributed by atoms with Gasteiger partial charge in [-0.1, -0.05) is 11.6 Å². The summed E-state index contributed by atoms with van der Waals surface area (Å²) in [6, 6.07) is 1.99. The van der Waals surface area contributed by atoms with Crippen LogP contribution in [-0.2, 0) is 6.54 Å². The molecule has 1 aliphatic rings. The number of rotatable bonds is 2. The lowest BCUT2D eigenvalue weighted by atomic mass is 9.97. The highest BCUT2D eigenvalue weighted by molar-refractivity contribution is 7.14. The Kier molecular flexibility index (Phi) is 2.36. The Morgan fingerprint density at radius 2 is 2.38 bits per heavy atom. The summed E-state index contributed by atoms with van der Waals surface area (Å²) in [5.41, 5.74) is 0.769. The fourth-order valence-corrected chi connectivity index (χ4v) is 2.62. The average molecular weight is 218 g/mol. The summed E-state index contributed by atoms with van der Waals surface area (Å²) in [7, 11) is 0. The van der Waals surface area contributed by atoms with Crippen LogP contribution in [0.4, 0.5) is 0 Å². The topological polar surface area (TPSA) is 23.5 Å². The minimum Gasteiger partial charge on any atom is -0.388 e. The van der Waals surface area contributed by atoms with Gasteiger partial charge in [-0.2, -0.15) is 0 Å². The lowest BCUT2D eigenvalue weighted by Gasteiger charge is -2.44. The summed E-state index contributed by atoms with van der Waals surface area (Å²) >= 11 is 7.37. The zero-order chi connectivity index (χ0) is 9.47. The van der Waals surface area contributed by atoms with E-state index < -0.39 is 5.60 Å². The van der Waals surface area contributed by atoms with E-state index in [1.807, 2.05) is 13.0 Å². The van der Waals surface area contributed by atoms with Crippen molar-refractivity contribution in [2.24, 2.45) is 0 Å². The molecule has 1 aliphatic heterocycles. The Labute approximate surface area is 86.7 Å². The quantitative estimate of drug-likeness (QED) is 0.819. The van der Waals surface area contributed by atoms with Gasteiger partial charge in [-0.25, -0.2) is 0 Å². The van der Waals surface area contributed by atoms with Crippen LogP contribution in [0.15, 0.2) is 11.4 Å². The molecule has 1 saturated heterocycles. The van der Waals surface area contributed by atoms with Gasteiger partial charge in [0, 0.05) is 19.6 Å². The third kappa shape index (κ3) is 2.23. The molecule has 0 radical (unpaired) electrons. The van der Waals surface area contributed by atoms with Crippen molar-refractivity contribution in [1.82, 2.24) is 4.90 Å². The Balaban J connectivity index is 1.87. The van der Waals surface area contributed by atoms with E-state index in [0.29, 0.717) is 0 Å². The van der Waals surface area contributed by atoms with Crippen molar-refractivity contribution in [2.75, 3.05) is 13.1 Å². The van der Waals surface area contributed by atoms with Crippen LogP contribution < -0.4 is 0 Å². The first-order valence-corrected chi connectivity index (χ1v) is 5.49. The smallest absolute Gasteiger partial charge is 0.0931 e. The van der Waals surface area contributed by atoms with Crippen LogP contribution in [0.3, 0.4) is 0 Å². The van der Waals surface area contributed by atoms with Gasteiger partial charge in [-0.05, 0) is 23.9 Å². The summed E-state index contributed by atoms with van der Waals surface area (Å²) in [5.74, 6) is 0. The van der Waals surface area contributed by atoms with Gasteiger partial charge in [-0.3, -0.25) is 4.90 Å². The minimum absolute atomic E-state index is 0.472. The van der Waals surface area contributed by atoms with Crippen LogP contribution in [-0.4, -0.2) is 28.7 Å². The number of halogens is 1. The zero-order valence-electron chi connectivity index (χ0n) is 7.46. The number of likely N-dealkylation sites (tertiary alicyclic amines) is 1. The molecule has 0 saturated carbocycles. The second-order valence-electron chi connectivity index (χ2n) is 3.90. The van der Waals surface area contributed by atoms with E-state index in [0.717, 1.165) is 24.0 Å². The maximum atomic E-state index is 9.50. The molecule has 0 spiro atoms. The van der Waals surface area contributed by atoms with E-state index in [4.69, 9.17) is 11.6 Å². The maximum absolute atomic E-state index is 9.50. The van der Waals surface area contributed by atoms with Gasteiger partial charge in [0.25, 0.3) is 0 Å². The van der Waals surface area contributed by atoms with E-state index in [9.17, 15) is 5.11 Å². The van der Waals surface area contributed by atoms with Gasteiger partial charge in [-0.15, -0.1) is 11.3 Å². The van der Waals surface area contributed by atoms with Gasteiger partial charge < -0.3 is 5.11 Å². The van der Waals surface area contributed by atoms with Crippen LogP contribution in [0, 0.1) is 0 Å². The minimum atomic E-state index is -0.472. The molecular formula is C9H12ClNOS. The maximum Gasteiger partial charge on any atom is 0.0931 e. The van der Waals surface area contributed by atoms with Crippen LogP contribution in [0.2, 0.25) is 4.34 Å². The fourth-order valence-electron chi connectivity index (χ4n) is 1.72. The number of thiophene rings is 1. The van der Waals surface area contributed by atoms with Crippen LogP contribution in [0.5, 0.6) is 0 Å². The molecule has 0 unspecified atom stereocenters. The van der Waals surface area contributed by atoms with Crippen molar-refractivity contribution in [3.8, 4) is 0 Å². The standard InChI is InChI=1S/C9H12ClNOS/c1-9(12)5-11(6-9)3-7-2-8(10)13-4-7/h2,4,12H,3,5-6H2,1H3.